The van der Waals surface area contributed by atoms with Gasteiger partial charge in [-0.15, -0.1) is 0 Å². The largest absolute Gasteiger partial charge is 0.352 e. The first-order valence-electron chi connectivity index (χ1n) is 6.23. The minimum Gasteiger partial charge on any atom is -0.352 e. The van der Waals surface area contributed by atoms with E-state index in [0.717, 1.165) is 0 Å². The molecule has 0 bridgehead atoms. The maximum atomic E-state index is 12.0. The maximum absolute atomic E-state index is 12.0. The van der Waals surface area contributed by atoms with Gasteiger partial charge >= 0.3 is 0 Å². The van der Waals surface area contributed by atoms with Crippen LogP contribution in [0.25, 0.3) is 0 Å². The van der Waals surface area contributed by atoms with Crippen molar-refractivity contribution < 1.29 is 13.2 Å². The average molecular weight is 363 g/mol. The van der Waals surface area contributed by atoms with Crippen LogP contribution in [0.2, 0.25) is 0 Å². The first-order valence-corrected chi connectivity index (χ1v) is 8.57. The molecule has 5 nitrogen and oxygen atoms in total. The summed E-state index contributed by atoms with van der Waals surface area (Å²) in [7, 11) is -3.86. The minimum atomic E-state index is -3.86. The van der Waals surface area contributed by atoms with Crippen molar-refractivity contribution in [1.29, 1.82) is 0 Å². The van der Waals surface area contributed by atoms with Gasteiger partial charge in [0.2, 0.25) is 10.0 Å². The van der Waals surface area contributed by atoms with Crippen LogP contribution >= 0.6 is 15.9 Å². The normalized spacial score (nSPS) is 13.3. The van der Waals surface area contributed by atoms with E-state index in [4.69, 9.17) is 5.14 Å². The molecular formula is C13H19BrN2O3S. The number of carbonyl (C=O) groups excluding carboxylic acids is 1. The Bertz CT molecular complexity index is 600. The molecule has 1 atom stereocenters. The molecule has 0 aliphatic rings. The first kappa shape index (κ1) is 17.1. The predicted molar refractivity (Wildman–Crippen MR) is 81.9 cm³/mol. The SMILES string of the molecule is CC(C)C(C)CNC(=O)c1ccc(Br)c(S(N)(=O)=O)c1. The fourth-order valence-corrected chi connectivity index (χ4v) is 3.01. The van der Waals surface area contributed by atoms with Gasteiger partial charge in [0.25, 0.3) is 5.91 Å². The number of halogens is 1. The van der Waals surface area contributed by atoms with E-state index < -0.39 is 10.0 Å². The molecule has 0 aromatic heterocycles. The number of nitrogens with one attached hydrogen (secondary N) is 1. The van der Waals surface area contributed by atoms with Crippen LogP contribution in [0.15, 0.2) is 27.6 Å². The monoisotopic (exact) mass is 362 g/mol. The van der Waals surface area contributed by atoms with Crippen LogP contribution in [0, 0.1) is 11.8 Å². The third-order valence-corrected chi connectivity index (χ3v) is 5.13. The summed E-state index contributed by atoms with van der Waals surface area (Å²) in [4.78, 5) is 11.9. The Morgan fingerprint density at radius 1 is 1.35 bits per heavy atom. The van der Waals surface area contributed by atoms with Gasteiger partial charge in [-0.05, 0) is 46.0 Å². The summed E-state index contributed by atoms with van der Waals surface area (Å²) in [6, 6.07) is 4.32. The van der Waals surface area contributed by atoms with Crippen molar-refractivity contribution in [2.45, 2.75) is 25.7 Å². The third-order valence-electron chi connectivity index (χ3n) is 3.22. The Hall–Kier alpha value is -0.920. The zero-order valence-electron chi connectivity index (χ0n) is 11.7. The number of amides is 1. The maximum Gasteiger partial charge on any atom is 0.251 e. The van der Waals surface area contributed by atoms with E-state index >= 15 is 0 Å². The molecule has 0 spiro atoms. The number of hydrogen-bond acceptors (Lipinski definition) is 3. The van der Waals surface area contributed by atoms with Gasteiger partial charge < -0.3 is 5.32 Å². The summed E-state index contributed by atoms with van der Waals surface area (Å²) in [5, 5.41) is 7.89. The predicted octanol–water partition coefficient (Wildman–Crippen LogP) is 2.12. The molecule has 1 aromatic carbocycles. The molecule has 0 fully saturated rings. The van der Waals surface area contributed by atoms with Crippen LogP contribution in [0.4, 0.5) is 0 Å². The lowest BCUT2D eigenvalue weighted by atomic mass is 9.98. The summed E-state index contributed by atoms with van der Waals surface area (Å²) in [5.41, 5.74) is 0.271. The van der Waals surface area contributed by atoms with Crippen molar-refractivity contribution >= 4 is 31.9 Å². The molecule has 0 heterocycles. The molecule has 20 heavy (non-hydrogen) atoms. The fourth-order valence-electron chi connectivity index (χ4n) is 1.45. The Balaban J connectivity index is 2.90. The summed E-state index contributed by atoms with van der Waals surface area (Å²) < 4.78 is 23.1. The molecule has 1 aromatic rings. The second kappa shape index (κ2) is 6.69. The van der Waals surface area contributed by atoms with Gasteiger partial charge in [-0.2, -0.15) is 0 Å². The number of nitrogens with two attached hydrogens (primary N) is 1. The molecule has 0 aliphatic heterocycles. The van der Waals surface area contributed by atoms with E-state index in [1.54, 1.807) is 6.07 Å². The lowest BCUT2D eigenvalue weighted by Crippen LogP contribution is -2.30. The van der Waals surface area contributed by atoms with E-state index in [-0.39, 0.29) is 16.4 Å². The zero-order chi connectivity index (χ0) is 15.5. The molecule has 112 valence electrons. The topological polar surface area (TPSA) is 89.3 Å². The van der Waals surface area contributed by atoms with Crippen LogP contribution in [0.1, 0.15) is 31.1 Å². The fraction of sp³-hybridized carbons (Fsp3) is 0.462. The Kier molecular flexibility index (Phi) is 5.73. The second-order valence-electron chi connectivity index (χ2n) is 5.12. The third kappa shape index (κ3) is 4.57. The number of benzene rings is 1. The van der Waals surface area contributed by atoms with Gasteiger partial charge in [0.05, 0.1) is 4.90 Å². The van der Waals surface area contributed by atoms with Crippen LogP contribution in [-0.4, -0.2) is 20.9 Å². The molecule has 1 amide bonds. The molecule has 0 saturated heterocycles. The Morgan fingerprint density at radius 2 is 1.95 bits per heavy atom. The van der Waals surface area contributed by atoms with Crippen molar-refractivity contribution in [3.8, 4) is 0 Å². The number of sulfonamides is 1. The van der Waals surface area contributed by atoms with Crippen molar-refractivity contribution in [1.82, 2.24) is 5.32 Å². The molecule has 0 saturated carbocycles. The second-order valence-corrected chi connectivity index (χ2v) is 7.51. The average Bonchev–Trinajstić information content (AvgIpc) is 2.34. The van der Waals surface area contributed by atoms with Crippen molar-refractivity contribution in [3.63, 3.8) is 0 Å². The van der Waals surface area contributed by atoms with E-state index in [9.17, 15) is 13.2 Å². The highest BCUT2D eigenvalue weighted by Crippen LogP contribution is 2.22. The highest BCUT2D eigenvalue weighted by atomic mass is 79.9. The zero-order valence-corrected chi connectivity index (χ0v) is 14.1. The molecule has 1 rings (SSSR count). The highest BCUT2D eigenvalue weighted by molar-refractivity contribution is 9.10. The van der Waals surface area contributed by atoms with Crippen LogP contribution < -0.4 is 10.5 Å². The summed E-state index contributed by atoms with van der Waals surface area (Å²) in [6.45, 7) is 6.74. The molecular weight excluding hydrogens is 344 g/mol. The molecule has 0 aliphatic carbocycles. The van der Waals surface area contributed by atoms with Crippen molar-refractivity contribution in [3.05, 3.63) is 28.2 Å². The van der Waals surface area contributed by atoms with Gasteiger partial charge in [-0.25, -0.2) is 13.6 Å². The lowest BCUT2D eigenvalue weighted by molar-refractivity contribution is 0.0944. The Morgan fingerprint density at radius 3 is 2.45 bits per heavy atom. The van der Waals surface area contributed by atoms with Crippen molar-refractivity contribution in [2.75, 3.05) is 6.54 Å². The summed E-state index contributed by atoms with van der Waals surface area (Å²) in [5.74, 6) is 0.488. The number of carbonyl (C=O) groups is 1. The molecule has 3 N–H and O–H groups in total. The van der Waals surface area contributed by atoms with Gasteiger partial charge in [-0.3, -0.25) is 4.79 Å². The first-order chi connectivity index (χ1) is 9.12. The van der Waals surface area contributed by atoms with E-state index in [0.29, 0.717) is 22.9 Å². The number of primary sulfonamides is 1. The molecule has 7 heteroatoms. The Labute approximate surface area is 128 Å². The van der Waals surface area contributed by atoms with Crippen LogP contribution in [-0.2, 0) is 10.0 Å². The smallest absolute Gasteiger partial charge is 0.251 e. The van der Waals surface area contributed by atoms with E-state index in [1.807, 2.05) is 6.92 Å². The van der Waals surface area contributed by atoms with Gasteiger partial charge in [-0.1, -0.05) is 20.8 Å². The van der Waals surface area contributed by atoms with Crippen molar-refractivity contribution in [2.24, 2.45) is 17.0 Å². The lowest BCUT2D eigenvalue weighted by Gasteiger charge is -2.16. The quantitative estimate of drug-likeness (QED) is 0.840. The van der Waals surface area contributed by atoms with Gasteiger partial charge in [0, 0.05) is 16.6 Å². The summed E-state index contributed by atoms with van der Waals surface area (Å²) in [6.07, 6.45) is 0. The van der Waals surface area contributed by atoms with Gasteiger partial charge in [0.1, 0.15) is 0 Å². The van der Waals surface area contributed by atoms with E-state index in [1.165, 1.54) is 12.1 Å². The molecule has 1 unspecified atom stereocenters. The standard InChI is InChI=1S/C13H19BrN2O3S/c1-8(2)9(3)7-16-13(17)10-4-5-11(14)12(6-10)20(15,18)19/h4-6,8-9H,7H2,1-3H3,(H,16,17)(H2,15,18,19). The van der Waals surface area contributed by atoms with E-state index in [2.05, 4.69) is 35.1 Å². The summed E-state index contributed by atoms with van der Waals surface area (Å²) >= 11 is 3.11. The van der Waals surface area contributed by atoms with Crippen LogP contribution in [0.3, 0.4) is 0 Å². The highest BCUT2D eigenvalue weighted by Gasteiger charge is 2.16. The minimum absolute atomic E-state index is 0.0953. The van der Waals surface area contributed by atoms with Gasteiger partial charge in [0.15, 0.2) is 0 Å². The molecule has 0 radical (unpaired) electrons. The number of hydrogen-bond donors (Lipinski definition) is 2. The number of rotatable bonds is 5. The van der Waals surface area contributed by atoms with Crippen LogP contribution in [0.5, 0.6) is 0 Å².